The highest BCUT2D eigenvalue weighted by Gasteiger charge is 2.35. The molecule has 722 valence electrons. The summed E-state index contributed by atoms with van der Waals surface area (Å²) in [5, 5.41) is 36.7. The second kappa shape index (κ2) is 48.2. The minimum absolute atomic E-state index is 0.0176. The first-order chi connectivity index (χ1) is 67.0. The lowest BCUT2D eigenvalue weighted by Crippen LogP contribution is -2.46. The molecule has 0 atom stereocenters. The van der Waals surface area contributed by atoms with E-state index in [9.17, 15) is 36.7 Å². The Labute approximate surface area is 811 Å². The van der Waals surface area contributed by atoms with Crippen LogP contribution < -0.4 is 83.4 Å². The van der Waals surface area contributed by atoms with Gasteiger partial charge in [-0.1, -0.05) is 69.1 Å². The summed E-state index contributed by atoms with van der Waals surface area (Å²) in [6.45, 7) is 39.3. The maximum Gasteiger partial charge on any atom is 0.418 e. The van der Waals surface area contributed by atoms with Gasteiger partial charge in [0.1, 0.15) is 29.1 Å². The van der Waals surface area contributed by atoms with Crippen molar-refractivity contribution in [3.8, 4) is 0 Å². The molecule has 4 aromatic heterocycles. The molecule has 8 aromatic carbocycles. The molecule has 0 saturated carbocycles. The standard InChI is InChI=1S/C27H30F3N7O.C25H28ClN7O.C25H28FN7O.C25H29N7O/c1-4-24(38)32-19-7-6-8-20(15-19)33-25-18(3)17-31-26(35-25)34-23-10-9-21(16-22(23)27(28,29)30)37-13-11-36(5-2)12-14-37;2*1-4-23(34)28-18-6-5-7-19(14-18)29-24-17(2)16-27-25(31-24)30-22-9-8-20(15-21(22)26)33-12-10-32(3)11-13-33;1-4-23(33)27-20-6-5-7-21(16-20)28-24-18(2)17-26-25(30-24)29-19-8-10-22(11-9-19)32-14-12-31(3)13-15-32/h4,6-10,15-17H,1,5,11-14H2,2-3H3,(H,32,38)(H2,31,33,34,35);2*4-9,14-16H,1,10-13H2,2-3H3,(H,28,34)(H2,27,29,30,31);4-11,16-17H,1,12-15H2,2-3H3,(H,27,33)(H2,26,28,29,30). The number of nitrogens with one attached hydrogen (secondary N) is 12. The van der Waals surface area contributed by atoms with Gasteiger partial charge in [0.25, 0.3) is 0 Å². The highest BCUT2D eigenvalue weighted by Crippen LogP contribution is 2.40. The lowest BCUT2D eigenvalue weighted by molar-refractivity contribution is -0.137. The van der Waals surface area contributed by atoms with E-state index in [0.717, 1.165) is 155 Å². The van der Waals surface area contributed by atoms with Gasteiger partial charge in [0, 0.05) is 226 Å². The van der Waals surface area contributed by atoms with Crippen LogP contribution in [0.3, 0.4) is 0 Å². The van der Waals surface area contributed by atoms with Gasteiger partial charge in [-0.2, -0.15) is 33.1 Å². The molecule has 8 heterocycles. The number of anilines is 24. The van der Waals surface area contributed by atoms with Gasteiger partial charge in [0.15, 0.2) is 0 Å². The van der Waals surface area contributed by atoms with E-state index in [1.165, 1.54) is 48.3 Å². The summed E-state index contributed by atoms with van der Waals surface area (Å²) in [4.78, 5) is 99.9. The van der Waals surface area contributed by atoms with Gasteiger partial charge in [0.05, 0.1) is 27.6 Å². The van der Waals surface area contributed by atoms with Crippen LogP contribution in [0, 0.1) is 33.5 Å². The minimum atomic E-state index is -4.56. The van der Waals surface area contributed by atoms with Crippen LogP contribution in [0.25, 0.3) is 0 Å². The average Bonchev–Trinajstić information content (AvgIpc) is 0.789. The summed E-state index contributed by atoms with van der Waals surface area (Å²) in [5.41, 5.74) is 13.6. The number of hydrogen-bond acceptors (Lipinski definition) is 28. The van der Waals surface area contributed by atoms with Crippen molar-refractivity contribution in [1.82, 2.24) is 59.5 Å². The Hall–Kier alpha value is -15.6. The highest BCUT2D eigenvalue weighted by molar-refractivity contribution is 6.33. The minimum Gasteiger partial charge on any atom is -0.369 e. The molecule has 0 bridgehead atoms. The molecule has 4 amide bonds. The Morgan fingerprint density at radius 3 is 0.964 bits per heavy atom. The first-order valence-electron chi connectivity index (χ1n) is 45.3. The highest BCUT2D eigenvalue weighted by atomic mass is 35.5. The SMILES string of the molecule is C=CC(=O)Nc1cccc(Nc2nc(Nc3ccc(N4CCN(C)CC4)cc3)ncc2C)c1.C=CC(=O)Nc1cccc(Nc2nc(Nc3ccc(N4CCN(C)CC4)cc3Cl)ncc2C)c1.C=CC(=O)Nc1cccc(Nc2nc(Nc3ccc(N4CCN(C)CC4)cc3F)ncc2C)c1.C=CC(=O)Nc1cccc(Nc2nc(Nc3ccc(N4CCN(CC)CC4)cc3C(F)(F)F)ncc2C)c1. The lowest BCUT2D eigenvalue weighted by atomic mass is 10.1. The van der Waals surface area contributed by atoms with Crippen LogP contribution >= 0.6 is 11.6 Å². The van der Waals surface area contributed by atoms with Gasteiger partial charge < -0.3 is 103 Å². The molecule has 4 aliphatic rings. The number of carbonyl (C=O) groups excluding carboxylic acids is 4. The first-order valence-corrected chi connectivity index (χ1v) is 45.7. The molecular weight excluding hydrogens is 1790 g/mol. The van der Waals surface area contributed by atoms with Crippen LogP contribution in [0.2, 0.25) is 5.02 Å². The molecule has 0 radical (unpaired) electrons. The van der Waals surface area contributed by atoms with Gasteiger partial charge in [-0.05, 0) is 231 Å². The molecule has 32 nitrogen and oxygen atoms in total. The number of rotatable bonds is 29. The number of alkyl halides is 3. The summed E-state index contributed by atoms with van der Waals surface area (Å²) in [5.74, 6) is 2.03. The number of aromatic nitrogens is 8. The molecular formula is C102H115ClF4N28O4. The summed E-state index contributed by atoms with van der Waals surface area (Å²) < 4.78 is 57.0. The quantitative estimate of drug-likeness (QED) is 0.0153. The molecule has 12 N–H and O–H groups in total. The van der Waals surface area contributed by atoms with Crippen LogP contribution in [0.1, 0.15) is 34.7 Å². The maximum atomic E-state index is 14.9. The molecule has 12 aromatic rings. The van der Waals surface area contributed by atoms with Crippen molar-refractivity contribution >= 4 is 173 Å². The van der Waals surface area contributed by atoms with E-state index < -0.39 is 11.7 Å². The fourth-order valence-corrected chi connectivity index (χ4v) is 15.2. The fraction of sp³-hybridized carbons (Fsp3) is 0.255. The number of hydrogen-bond donors (Lipinski definition) is 12. The van der Waals surface area contributed by atoms with Crippen LogP contribution in [-0.2, 0) is 25.4 Å². The third-order valence-corrected chi connectivity index (χ3v) is 23.4. The summed E-state index contributed by atoms with van der Waals surface area (Å²) in [7, 11) is 6.39. The first kappa shape index (κ1) is 101. The zero-order chi connectivity index (χ0) is 98.7. The van der Waals surface area contributed by atoms with Crippen LogP contribution in [0.4, 0.5) is 156 Å². The van der Waals surface area contributed by atoms with E-state index in [1.807, 2.05) is 98.5 Å². The third kappa shape index (κ3) is 29.4. The number of halogens is 5. The second-order valence-corrected chi connectivity index (χ2v) is 33.8. The van der Waals surface area contributed by atoms with Gasteiger partial charge in [-0.3, -0.25) is 19.2 Å². The Morgan fingerprint density at radius 2 is 0.633 bits per heavy atom. The number of carbonyl (C=O) groups is 4. The number of benzene rings is 8. The lowest BCUT2D eigenvalue weighted by Gasteiger charge is -2.36. The monoisotopic (exact) mass is 1910 g/mol. The topological polar surface area (TPSA) is 342 Å². The summed E-state index contributed by atoms with van der Waals surface area (Å²) in [6.07, 6.45) is 7.00. The van der Waals surface area contributed by atoms with E-state index in [2.05, 4.69) is 223 Å². The molecule has 0 spiro atoms. The normalized spacial score (nSPS) is 14.0. The Kier molecular flexibility index (Phi) is 35.0. The van der Waals surface area contributed by atoms with Gasteiger partial charge in [0.2, 0.25) is 47.4 Å². The van der Waals surface area contributed by atoms with Gasteiger partial charge in [-0.15, -0.1) is 0 Å². The largest absolute Gasteiger partial charge is 0.418 e. The van der Waals surface area contributed by atoms with Crippen molar-refractivity contribution in [3.05, 3.63) is 290 Å². The van der Waals surface area contributed by atoms with Crippen molar-refractivity contribution in [2.24, 2.45) is 0 Å². The van der Waals surface area contributed by atoms with Gasteiger partial charge in [-0.25, -0.2) is 24.3 Å². The molecule has 37 heteroatoms. The Balaban J connectivity index is 0.000000156. The predicted molar refractivity (Wildman–Crippen MR) is 554 cm³/mol. The van der Waals surface area contributed by atoms with E-state index in [4.69, 9.17) is 11.6 Å². The van der Waals surface area contributed by atoms with E-state index in [-0.39, 0.29) is 47.0 Å². The van der Waals surface area contributed by atoms with Crippen molar-refractivity contribution < 1.29 is 36.7 Å². The smallest absolute Gasteiger partial charge is 0.369 e. The van der Waals surface area contributed by atoms with Crippen molar-refractivity contribution in [3.63, 3.8) is 0 Å². The molecule has 139 heavy (non-hydrogen) atoms. The van der Waals surface area contributed by atoms with Gasteiger partial charge >= 0.3 is 6.18 Å². The number of amides is 4. The zero-order valence-electron chi connectivity index (χ0n) is 78.9. The summed E-state index contributed by atoms with van der Waals surface area (Å²) in [6, 6.07) is 52.8. The Morgan fingerprint density at radius 1 is 0.345 bits per heavy atom. The number of likely N-dealkylation sites (N-methyl/N-ethyl adjacent to an activating group) is 4. The van der Waals surface area contributed by atoms with Crippen LogP contribution in [-0.4, -0.2) is 216 Å². The molecule has 4 aliphatic heterocycles. The third-order valence-electron chi connectivity index (χ3n) is 23.1. The van der Waals surface area contributed by atoms with Crippen molar-refractivity contribution in [2.45, 2.75) is 40.8 Å². The molecule has 4 fully saturated rings. The maximum absolute atomic E-state index is 14.9. The van der Waals surface area contributed by atoms with Crippen molar-refractivity contribution in [2.75, 3.05) is 216 Å². The fourth-order valence-electron chi connectivity index (χ4n) is 15.0. The summed E-state index contributed by atoms with van der Waals surface area (Å²) >= 11 is 6.59. The zero-order valence-corrected chi connectivity index (χ0v) is 79.6. The van der Waals surface area contributed by atoms with E-state index >= 15 is 0 Å². The molecule has 4 saturated heterocycles. The van der Waals surface area contributed by atoms with Crippen LogP contribution in [0.5, 0.6) is 0 Å². The van der Waals surface area contributed by atoms with Crippen molar-refractivity contribution in [1.29, 1.82) is 0 Å². The number of piperazine rings is 4. The van der Waals surface area contributed by atoms with E-state index in [0.29, 0.717) is 98.7 Å². The number of aryl methyl sites for hydroxylation is 4. The average molecular weight is 1910 g/mol. The molecule has 0 aliphatic carbocycles. The number of nitrogens with zero attached hydrogens (tertiary/aromatic N) is 16. The Bertz CT molecular complexity index is 6140. The predicted octanol–water partition coefficient (Wildman–Crippen LogP) is 18.8. The van der Waals surface area contributed by atoms with E-state index in [1.54, 1.807) is 86.2 Å². The molecule has 0 unspecified atom stereocenters. The van der Waals surface area contributed by atoms with Crippen LogP contribution in [0.15, 0.2) is 251 Å². The molecule has 16 rings (SSSR count). The second-order valence-electron chi connectivity index (χ2n) is 33.4.